The van der Waals surface area contributed by atoms with Crippen LogP contribution in [0.25, 0.3) is 0 Å². The number of hydrogen-bond acceptors (Lipinski definition) is 3. The average molecular weight is 382 g/mol. The zero-order valence-corrected chi connectivity index (χ0v) is 15.3. The summed E-state index contributed by atoms with van der Waals surface area (Å²) in [5.41, 5.74) is 1.19. The Morgan fingerprint density at radius 3 is 2.31 bits per heavy atom. The van der Waals surface area contributed by atoms with E-state index in [9.17, 15) is 22.0 Å². The first-order valence-corrected chi connectivity index (χ1v) is 9.77. The lowest BCUT2D eigenvalue weighted by molar-refractivity contribution is -0.120. The Hall–Kier alpha value is -2.48. The second kappa shape index (κ2) is 8.27. The number of carbonyl (C=O) groups is 1. The van der Waals surface area contributed by atoms with Crippen molar-refractivity contribution in [1.29, 1.82) is 0 Å². The Bertz CT molecular complexity index is 881. The van der Waals surface area contributed by atoms with Gasteiger partial charge in [-0.05, 0) is 24.6 Å². The van der Waals surface area contributed by atoms with Crippen LogP contribution in [-0.4, -0.2) is 33.7 Å². The van der Waals surface area contributed by atoms with Crippen LogP contribution in [-0.2, 0) is 21.2 Å². The summed E-state index contributed by atoms with van der Waals surface area (Å²) in [5.74, 6) is -2.28. The maximum Gasteiger partial charge on any atom is 0.232 e. The van der Waals surface area contributed by atoms with Crippen molar-refractivity contribution in [2.45, 2.75) is 13.3 Å². The molecule has 0 unspecified atom stereocenters. The molecule has 2 rings (SSSR count). The van der Waals surface area contributed by atoms with Crippen molar-refractivity contribution in [2.75, 3.05) is 23.7 Å². The minimum absolute atomic E-state index is 0.0779. The Balaban J connectivity index is 2.03. The second-order valence-electron chi connectivity index (χ2n) is 5.92. The van der Waals surface area contributed by atoms with Crippen LogP contribution in [0.3, 0.4) is 0 Å². The molecule has 2 aromatic carbocycles. The van der Waals surface area contributed by atoms with Crippen LogP contribution in [0, 0.1) is 18.6 Å². The molecule has 0 fully saturated rings. The minimum atomic E-state index is -3.92. The standard InChI is InChI=1S/C18H20F2N2O3S/c1-13-5-3-6-14(11-13)12-17(23)21-9-10-22(26(2,24)25)18-15(19)7-4-8-16(18)20/h3-8,11H,9-10,12H2,1-2H3,(H,21,23). The molecule has 5 nitrogen and oxygen atoms in total. The van der Waals surface area contributed by atoms with Crippen LogP contribution in [0.2, 0.25) is 0 Å². The molecule has 2 aromatic rings. The van der Waals surface area contributed by atoms with E-state index in [1.807, 2.05) is 31.2 Å². The number of para-hydroxylation sites is 1. The molecule has 0 spiro atoms. The number of rotatable bonds is 7. The van der Waals surface area contributed by atoms with Crippen LogP contribution < -0.4 is 9.62 Å². The van der Waals surface area contributed by atoms with Crippen LogP contribution in [0.5, 0.6) is 0 Å². The summed E-state index contributed by atoms with van der Waals surface area (Å²) in [6.07, 6.45) is 0.988. The van der Waals surface area contributed by atoms with E-state index in [-0.39, 0.29) is 25.4 Å². The summed E-state index contributed by atoms with van der Waals surface area (Å²) in [5, 5.41) is 2.57. The molecule has 0 aromatic heterocycles. The van der Waals surface area contributed by atoms with Gasteiger partial charge in [0, 0.05) is 6.54 Å². The van der Waals surface area contributed by atoms with Crippen LogP contribution >= 0.6 is 0 Å². The molecule has 26 heavy (non-hydrogen) atoms. The number of halogens is 2. The molecule has 0 saturated carbocycles. The third-order valence-electron chi connectivity index (χ3n) is 3.67. The summed E-state index contributed by atoms with van der Waals surface area (Å²) in [6, 6.07) is 10.5. The van der Waals surface area contributed by atoms with E-state index in [4.69, 9.17) is 0 Å². The van der Waals surface area contributed by atoms with E-state index in [0.717, 1.165) is 35.6 Å². The molecule has 0 aliphatic rings. The average Bonchev–Trinajstić information content (AvgIpc) is 2.52. The summed E-state index contributed by atoms with van der Waals surface area (Å²) in [4.78, 5) is 12.0. The van der Waals surface area contributed by atoms with Gasteiger partial charge in [0.25, 0.3) is 0 Å². The summed E-state index contributed by atoms with van der Waals surface area (Å²) in [7, 11) is -3.92. The quantitative estimate of drug-likeness (QED) is 0.800. The number of anilines is 1. The molecule has 140 valence electrons. The molecule has 0 saturated heterocycles. The van der Waals surface area contributed by atoms with E-state index >= 15 is 0 Å². The summed E-state index contributed by atoms with van der Waals surface area (Å²) in [6.45, 7) is 1.55. The Kier molecular flexibility index (Phi) is 6.31. The van der Waals surface area contributed by atoms with Crippen molar-refractivity contribution in [3.05, 3.63) is 65.2 Å². The Labute approximate surface area is 151 Å². The van der Waals surface area contributed by atoms with E-state index in [1.165, 1.54) is 0 Å². The van der Waals surface area contributed by atoms with E-state index in [0.29, 0.717) is 4.31 Å². The third kappa shape index (κ3) is 5.26. The van der Waals surface area contributed by atoms with Gasteiger partial charge in [-0.1, -0.05) is 35.9 Å². The van der Waals surface area contributed by atoms with Gasteiger partial charge in [0.15, 0.2) is 11.6 Å². The van der Waals surface area contributed by atoms with Gasteiger partial charge in [0.2, 0.25) is 15.9 Å². The number of carbonyl (C=O) groups excluding carboxylic acids is 1. The van der Waals surface area contributed by atoms with Crippen molar-refractivity contribution in [2.24, 2.45) is 0 Å². The highest BCUT2D eigenvalue weighted by Crippen LogP contribution is 2.24. The molecule has 1 N–H and O–H groups in total. The number of hydrogen-bond donors (Lipinski definition) is 1. The maximum absolute atomic E-state index is 13.9. The third-order valence-corrected chi connectivity index (χ3v) is 4.84. The molecular formula is C18H20F2N2O3S. The van der Waals surface area contributed by atoms with Gasteiger partial charge in [0.1, 0.15) is 5.69 Å². The largest absolute Gasteiger partial charge is 0.354 e. The zero-order chi connectivity index (χ0) is 19.3. The summed E-state index contributed by atoms with van der Waals surface area (Å²) < 4.78 is 52.3. The lowest BCUT2D eigenvalue weighted by Crippen LogP contribution is -2.39. The van der Waals surface area contributed by atoms with Gasteiger partial charge in [-0.3, -0.25) is 9.10 Å². The maximum atomic E-state index is 13.9. The first kappa shape index (κ1) is 19.8. The predicted octanol–water partition coefficient (Wildman–Crippen LogP) is 2.40. The van der Waals surface area contributed by atoms with Gasteiger partial charge < -0.3 is 5.32 Å². The molecule has 1 amide bonds. The van der Waals surface area contributed by atoms with Crippen LogP contribution in [0.1, 0.15) is 11.1 Å². The highest BCUT2D eigenvalue weighted by atomic mass is 32.2. The van der Waals surface area contributed by atoms with Crippen molar-refractivity contribution in [3.8, 4) is 0 Å². The van der Waals surface area contributed by atoms with Gasteiger partial charge >= 0.3 is 0 Å². The molecule has 0 radical (unpaired) electrons. The van der Waals surface area contributed by atoms with Crippen LogP contribution in [0.15, 0.2) is 42.5 Å². The second-order valence-corrected chi connectivity index (χ2v) is 7.83. The number of amides is 1. The molecule has 0 aliphatic heterocycles. The minimum Gasteiger partial charge on any atom is -0.354 e. The van der Waals surface area contributed by atoms with Crippen LogP contribution in [0.4, 0.5) is 14.5 Å². The molecule has 0 heterocycles. The normalized spacial score (nSPS) is 11.2. The topological polar surface area (TPSA) is 66.5 Å². The number of benzene rings is 2. The van der Waals surface area contributed by atoms with Crippen molar-refractivity contribution < 1.29 is 22.0 Å². The van der Waals surface area contributed by atoms with Crippen molar-refractivity contribution in [3.63, 3.8) is 0 Å². The van der Waals surface area contributed by atoms with Gasteiger partial charge in [-0.25, -0.2) is 17.2 Å². The van der Waals surface area contributed by atoms with Gasteiger partial charge in [-0.2, -0.15) is 0 Å². The predicted molar refractivity (Wildman–Crippen MR) is 96.4 cm³/mol. The number of aryl methyl sites for hydroxylation is 1. The number of sulfonamides is 1. The van der Waals surface area contributed by atoms with Crippen molar-refractivity contribution >= 4 is 21.6 Å². The van der Waals surface area contributed by atoms with Crippen molar-refractivity contribution in [1.82, 2.24) is 5.32 Å². The first-order chi connectivity index (χ1) is 12.2. The van der Waals surface area contributed by atoms with Gasteiger partial charge in [-0.15, -0.1) is 0 Å². The summed E-state index contributed by atoms with van der Waals surface area (Å²) >= 11 is 0. The smallest absolute Gasteiger partial charge is 0.232 e. The fourth-order valence-corrected chi connectivity index (χ4v) is 3.47. The first-order valence-electron chi connectivity index (χ1n) is 7.92. The SMILES string of the molecule is Cc1cccc(CC(=O)NCCN(c2c(F)cccc2F)S(C)(=O)=O)c1. The molecule has 0 aliphatic carbocycles. The molecular weight excluding hydrogens is 362 g/mol. The Morgan fingerprint density at radius 2 is 1.73 bits per heavy atom. The molecule has 8 heteroatoms. The highest BCUT2D eigenvalue weighted by Gasteiger charge is 2.24. The number of nitrogens with zero attached hydrogens (tertiary/aromatic N) is 1. The number of nitrogens with one attached hydrogen (secondary N) is 1. The molecule has 0 bridgehead atoms. The van der Waals surface area contributed by atoms with E-state index in [2.05, 4.69) is 5.32 Å². The fraction of sp³-hybridized carbons (Fsp3) is 0.278. The zero-order valence-electron chi connectivity index (χ0n) is 14.5. The van der Waals surface area contributed by atoms with E-state index < -0.39 is 27.3 Å². The molecule has 0 atom stereocenters. The monoisotopic (exact) mass is 382 g/mol. The fourth-order valence-electron chi connectivity index (χ4n) is 2.54. The van der Waals surface area contributed by atoms with E-state index in [1.54, 1.807) is 0 Å². The highest BCUT2D eigenvalue weighted by molar-refractivity contribution is 7.92. The lowest BCUT2D eigenvalue weighted by Gasteiger charge is -2.23. The lowest BCUT2D eigenvalue weighted by atomic mass is 10.1. The van der Waals surface area contributed by atoms with Gasteiger partial charge in [0.05, 0.1) is 19.2 Å². The Morgan fingerprint density at radius 1 is 1.12 bits per heavy atom.